The first-order valence-electron chi connectivity index (χ1n) is 11.2. The van der Waals surface area contributed by atoms with E-state index in [4.69, 9.17) is 14.1 Å². The first kappa shape index (κ1) is 23.5. The van der Waals surface area contributed by atoms with Crippen LogP contribution in [0.5, 0.6) is 5.75 Å². The van der Waals surface area contributed by atoms with Crippen LogP contribution in [-0.2, 0) is 21.4 Å². The number of sulfonamides is 1. The van der Waals surface area contributed by atoms with E-state index >= 15 is 0 Å². The average Bonchev–Trinajstić information content (AvgIpc) is 3.62. The number of hydrogen-bond acceptors (Lipinski definition) is 7. The average molecular weight is 512 g/mol. The van der Waals surface area contributed by atoms with Gasteiger partial charge >= 0.3 is 0 Å². The lowest BCUT2D eigenvalue weighted by atomic mass is 10.2. The molecule has 0 N–H and O–H groups in total. The summed E-state index contributed by atoms with van der Waals surface area (Å²) < 4.78 is 40.1. The molecular formula is C25H25N3O5S2. The molecule has 1 aliphatic rings. The maximum atomic E-state index is 14.0. The summed E-state index contributed by atoms with van der Waals surface area (Å²) in [5.41, 5.74) is 1.62. The van der Waals surface area contributed by atoms with Gasteiger partial charge in [0.2, 0.25) is 15.9 Å². The highest BCUT2D eigenvalue weighted by atomic mass is 32.2. The first-order valence-corrected chi connectivity index (χ1v) is 13.5. The summed E-state index contributed by atoms with van der Waals surface area (Å²) in [6.07, 6.45) is 2.58. The number of carbonyl (C=O) groups excluding carboxylic acids is 1. The summed E-state index contributed by atoms with van der Waals surface area (Å²) in [6, 6.07) is 15.0. The molecule has 1 saturated heterocycles. The van der Waals surface area contributed by atoms with E-state index < -0.39 is 16.1 Å². The topological polar surface area (TPSA) is 93.0 Å². The van der Waals surface area contributed by atoms with E-state index in [1.807, 2.05) is 25.1 Å². The van der Waals surface area contributed by atoms with Crippen molar-refractivity contribution < 1.29 is 22.4 Å². The maximum Gasteiger partial charge on any atom is 0.247 e. The zero-order valence-corrected chi connectivity index (χ0v) is 21.0. The van der Waals surface area contributed by atoms with Gasteiger partial charge in [-0.15, -0.1) is 0 Å². The zero-order valence-electron chi connectivity index (χ0n) is 19.4. The Kier molecular flexibility index (Phi) is 6.35. The quantitative estimate of drug-likeness (QED) is 0.360. The van der Waals surface area contributed by atoms with E-state index in [9.17, 15) is 13.2 Å². The number of hydrogen-bond donors (Lipinski definition) is 0. The molecule has 0 aliphatic carbocycles. The Hall–Kier alpha value is -3.21. The van der Waals surface area contributed by atoms with Crippen molar-refractivity contribution in [1.29, 1.82) is 0 Å². The third-order valence-corrected chi connectivity index (χ3v) is 9.06. The van der Waals surface area contributed by atoms with Gasteiger partial charge in [0.25, 0.3) is 0 Å². The van der Waals surface area contributed by atoms with E-state index in [1.165, 1.54) is 20.5 Å². The number of thiazole rings is 1. The van der Waals surface area contributed by atoms with Crippen LogP contribution in [0.25, 0.3) is 10.2 Å². The van der Waals surface area contributed by atoms with Gasteiger partial charge in [-0.2, -0.15) is 4.31 Å². The van der Waals surface area contributed by atoms with Crippen LogP contribution < -0.4 is 9.64 Å². The Morgan fingerprint density at radius 2 is 2.00 bits per heavy atom. The van der Waals surface area contributed by atoms with Gasteiger partial charge in [0.1, 0.15) is 23.1 Å². The summed E-state index contributed by atoms with van der Waals surface area (Å²) in [5, 5.41) is 0.463. The Labute approximate surface area is 207 Å². The van der Waals surface area contributed by atoms with Crippen LogP contribution in [0.1, 0.15) is 24.2 Å². The largest absolute Gasteiger partial charge is 0.494 e. The summed E-state index contributed by atoms with van der Waals surface area (Å²) in [4.78, 5) is 20.4. The highest BCUT2D eigenvalue weighted by Crippen LogP contribution is 2.36. The monoisotopic (exact) mass is 511 g/mol. The van der Waals surface area contributed by atoms with Crippen molar-refractivity contribution in [1.82, 2.24) is 9.29 Å². The second-order valence-electron chi connectivity index (χ2n) is 8.39. The van der Waals surface area contributed by atoms with Gasteiger partial charge in [-0.25, -0.2) is 13.4 Å². The van der Waals surface area contributed by atoms with Crippen LogP contribution in [0.4, 0.5) is 5.13 Å². The van der Waals surface area contributed by atoms with Crippen LogP contribution in [0.15, 0.2) is 70.2 Å². The van der Waals surface area contributed by atoms with Gasteiger partial charge in [-0.05, 0) is 56.2 Å². The highest BCUT2D eigenvalue weighted by Gasteiger charge is 2.42. The molecule has 0 radical (unpaired) electrons. The predicted octanol–water partition coefficient (Wildman–Crippen LogP) is 4.59. The normalized spacial score (nSPS) is 16.6. The second kappa shape index (κ2) is 9.44. The summed E-state index contributed by atoms with van der Waals surface area (Å²) >= 11 is 1.35. The number of ether oxygens (including phenoxy) is 1. The minimum absolute atomic E-state index is 0.142. The number of para-hydroxylation sites is 1. The number of rotatable bonds is 7. The molecule has 2 aromatic carbocycles. The van der Waals surface area contributed by atoms with Crippen LogP contribution in [-0.4, -0.2) is 43.3 Å². The van der Waals surface area contributed by atoms with Crippen molar-refractivity contribution >= 4 is 42.6 Å². The molecule has 0 bridgehead atoms. The molecule has 35 heavy (non-hydrogen) atoms. The Bertz CT molecular complexity index is 1450. The van der Waals surface area contributed by atoms with Crippen LogP contribution in [0.3, 0.4) is 0 Å². The summed E-state index contributed by atoms with van der Waals surface area (Å²) in [5.74, 6) is 0.864. The van der Waals surface area contributed by atoms with Crippen molar-refractivity contribution in [3.05, 3.63) is 72.2 Å². The number of amides is 1. The molecule has 0 spiro atoms. The molecule has 4 aromatic rings. The minimum atomic E-state index is -3.84. The Morgan fingerprint density at radius 1 is 1.20 bits per heavy atom. The molecule has 8 nitrogen and oxygen atoms in total. The molecule has 0 saturated carbocycles. The predicted molar refractivity (Wildman–Crippen MR) is 134 cm³/mol. The number of aryl methyl sites for hydroxylation is 1. The maximum absolute atomic E-state index is 14.0. The fraction of sp³-hybridized carbons (Fsp3) is 0.280. The zero-order chi connectivity index (χ0) is 24.6. The molecule has 1 amide bonds. The number of aromatic nitrogens is 1. The van der Waals surface area contributed by atoms with Crippen LogP contribution in [0, 0.1) is 6.92 Å². The standard InChI is InChI=1S/C25H25N3O5S2/c1-17-10-12-19(13-11-17)35(30,31)28-14-4-7-20(28)24(29)27(16-18-6-5-15-33-18)25-26-23-21(32-2)8-3-9-22(23)34-25/h3,5-6,8-13,15,20H,4,7,14,16H2,1-2H3. The SMILES string of the molecule is COc1cccc2sc(N(Cc3ccco3)C(=O)C3CCCN3S(=O)(=O)c3ccc(C)cc3)nc12. The molecule has 1 unspecified atom stereocenters. The number of methoxy groups -OCH3 is 1. The number of nitrogens with zero attached hydrogens (tertiary/aromatic N) is 3. The molecule has 1 aliphatic heterocycles. The van der Waals surface area contributed by atoms with Crippen LogP contribution in [0.2, 0.25) is 0 Å². The lowest BCUT2D eigenvalue weighted by Crippen LogP contribution is -2.47. The van der Waals surface area contributed by atoms with E-state index in [1.54, 1.807) is 49.8 Å². The van der Waals surface area contributed by atoms with Crippen molar-refractivity contribution in [2.45, 2.75) is 37.2 Å². The molecule has 2 aromatic heterocycles. The summed E-state index contributed by atoms with van der Waals surface area (Å²) in [6.45, 7) is 2.33. The van der Waals surface area contributed by atoms with E-state index in [2.05, 4.69) is 0 Å². The van der Waals surface area contributed by atoms with Crippen LogP contribution >= 0.6 is 11.3 Å². The van der Waals surface area contributed by atoms with Gasteiger partial charge in [0.15, 0.2) is 5.13 Å². The fourth-order valence-electron chi connectivity index (χ4n) is 4.29. The Balaban J connectivity index is 1.52. The lowest BCUT2D eigenvalue weighted by molar-refractivity contribution is -0.121. The first-order chi connectivity index (χ1) is 16.9. The third-order valence-electron chi connectivity index (χ3n) is 6.10. The third kappa shape index (κ3) is 4.44. The fourth-order valence-corrected chi connectivity index (χ4v) is 6.93. The van der Waals surface area contributed by atoms with E-state index in [0.717, 1.165) is 10.3 Å². The lowest BCUT2D eigenvalue weighted by Gasteiger charge is -2.28. The highest BCUT2D eigenvalue weighted by molar-refractivity contribution is 7.89. The van der Waals surface area contributed by atoms with E-state index in [0.29, 0.717) is 35.0 Å². The summed E-state index contributed by atoms with van der Waals surface area (Å²) in [7, 11) is -2.26. The van der Waals surface area contributed by atoms with Crippen molar-refractivity contribution in [2.75, 3.05) is 18.6 Å². The molecule has 182 valence electrons. The van der Waals surface area contributed by atoms with Gasteiger partial charge in [-0.1, -0.05) is 35.1 Å². The number of anilines is 1. The van der Waals surface area contributed by atoms with Crippen molar-refractivity contribution in [2.24, 2.45) is 0 Å². The van der Waals surface area contributed by atoms with Gasteiger partial charge in [0.05, 0.1) is 29.5 Å². The minimum Gasteiger partial charge on any atom is -0.494 e. The number of carbonyl (C=O) groups is 1. The smallest absolute Gasteiger partial charge is 0.247 e. The number of fused-ring (bicyclic) bond motifs is 1. The molecule has 5 rings (SSSR count). The van der Waals surface area contributed by atoms with Crippen molar-refractivity contribution in [3.8, 4) is 5.75 Å². The Morgan fingerprint density at radius 3 is 2.71 bits per heavy atom. The molecule has 1 atom stereocenters. The van der Waals surface area contributed by atoms with E-state index in [-0.39, 0.29) is 23.9 Å². The van der Waals surface area contributed by atoms with Crippen molar-refractivity contribution in [3.63, 3.8) is 0 Å². The second-order valence-corrected chi connectivity index (χ2v) is 11.3. The number of benzene rings is 2. The number of furan rings is 1. The van der Waals surface area contributed by atoms with Gasteiger partial charge < -0.3 is 9.15 Å². The van der Waals surface area contributed by atoms with Gasteiger partial charge in [0, 0.05) is 6.54 Å². The molecular weight excluding hydrogens is 486 g/mol. The van der Waals surface area contributed by atoms with Gasteiger partial charge in [-0.3, -0.25) is 9.69 Å². The molecule has 10 heteroatoms. The molecule has 3 heterocycles. The molecule has 1 fully saturated rings.